The molecular formula is C20H18ClFN2O2. The molecule has 1 aromatic heterocycles. The molecule has 0 saturated carbocycles. The number of halogens is 2. The van der Waals surface area contributed by atoms with Crippen molar-refractivity contribution >= 4 is 23.2 Å². The van der Waals surface area contributed by atoms with Crippen LogP contribution in [0.25, 0.3) is 0 Å². The van der Waals surface area contributed by atoms with E-state index >= 15 is 0 Å². The van der Waals surface area contributed by atoms with E-state index in [1.165, 1.54) is 19.2 Å². The Kier molecular flexibility index (Phi) is 5.58. The van der Waals surface area contributed by atoms with Crippen LogP contribution in [0.15, 0.2) is 67.0 Å². The summed E-state index contributed by atoms with van der Waals surface area (Å²) in [6.07, 6.45) is 3.86. The predicted octanol–water partition coefficient (Wildman–Crippen LogP) is 4.91. The lowest BCUT2D eigenvalue weighted by Crippen LogP contribution is -2.19. The molecule has 0 fully saturated rings. The lowest BCUT2D eigenvalue weighted by Gasteiger charge is -2.19. The van der Waals surface area contributed by atoms with Gasteiger partial charge in [0.05, 0.1) is 24.6 Å². The van der Waals surface area contributed by atoms with E-state index in [1.807, 2.05) is 35.2 Å². The van der Waals surface area contributed by atoms with E-state index in [0.717, 1.165) is 5.56 Å². The van der Waals surface area contributed by atoms with Crippen LogP contribution >= 0.6 is 11.6 Å². The number of rotatable bonds is 6. The van der Waals surface area contributed by atoms with Crippen LogP contribution in [0.4, 0.5) is 10.1 Å². The van der Waals surface area contributed by atoms with E-state index < -0.39 is 0 Å². The average molecular weight is 373 g/mol. The van der Waals surface area contributed by atoms with Gasteiger partial charge in [-0.3, -0.25) is 4.79 Å². The quantitative estimate of drug-likeness (QED) is 0.668. The van der Waals surface area contributed by atoms with Gasteiger partial charge in [-0.15, -0.1) is 0 Å². The molecule has 0 bridgehead atoms. The predicted molar refractivity (Wildman–Crippen MR) is 100 cm³/mol. The number of carbonyl (C=O) groups excluding carboxylic acids is 1. The Hall–Kier alpha value is -2.79. The van der Waals surface area contributed by atoms with Crippen LogP contribution in [0.5, 0.6) is 5.75 Å². The van der Waals surface area contributed by atoms with Gasteiger partial charge in [0, 0.05) is 18.1 Å². The molecule has 3 aromatic rings. The van der Waals surface area contributed by atoms with E-state index in [4.69, 9.17) is 16.3 Å². The van der Waals surface area contributed by atoms with Crippen LogP contribution < -0.4 is 10.1 Å². The van der Waals surface area contributed by atoms with Crippen molar-refractivity contribution in [3.05, 3.63) is 83.4 Å². The van der Waals surface area contributed by atoms with Crippen LogP contribution in [-0.4, -0.2) is 17.6 Å². The summed E-state index contributed by atoms with van der Waals surface area (Å²) in [7, 11) is 1.53. The van der Waals surface area contributed by atoms with Crippen LogP contribution in [0.3, 0.4) is 0 Å². The number of ether oxygens (including phenoxy) is 1. The maximum absolute atomic E-state index is 13.6. The van der Waals surface area contributed by atoms with Gasteiger partial charge < -0.3 is 14.6 Å². The molecule has 134 valence electrons. The van der Waals surface area contributed by atoms with Crippen LogP contribution in [0.1, 0.15) is 18.0 Å². The van der Waals surface area contributed by atoms with Crippen LogP contribution in [0, 0.1) is 5.82 Å². The first-order chi connectivity index (χ1) is 12.6. The topological polar surface area (TPSA) is 43.3 Å². The van der Waals surface area contributed by atoms with E-state index in [0.29, 0.717) is 16.5 Å². The maximum Gasteiger partial charge on any atom is 0.226 e. The molecule has 1 N–H and O–H groups in total. The molecular weight excluding hydrogens is 355 g/mol. The molecule has 26 heavy (non-hydrogen) atoms. The molecule has 0 saturated heterocycles. The molecule has 4 nitrogen and oxygen atoms in total. The standard InChI is InChI=1S/C20H18ClFN2O2/c1-26-19-8-7-16(12-17(19)21)23-20(25)13-18(24-9-2-3-10-24)14-5-4-6-15(22)11-14/h2-12,18H,13H2,1H3,(H,23,25)/t18-/m1/s1. The molecule has 0 unspecified atom stereocenters. The highest BCUT2D eigenvalue weighted by atomic mass is 35.5. The van der Waals surface area contributed by atoms with Crippen molar-refractivity contribution in [1.82, 2.24) is 4.57 Å². The third-order valence-electron chi connectivity index (χ3n) is 4.04. The number of nitrogens with zero attached hydrogens (tertiary/aromatic N) is 1. The number of benzene rings is 2. The number of amides is 1. The first kappa shape index (κ1) is 18.0. The lowest BCUT2D eigenvalue weighted by atomic mass is 10.0. The van der Waals surface area contributed by atoms with Crippen LogP contribution in [0.2, 0.25) is 5.02 Å². The molecule has 1 amide bonds. The summed E-state index contributed by atoms with van der Waals surface area (Å²) >= 11 is 6.09. The highest BCUT2D eigenvalue weighted by molar-refractivity contribution is 6.32. The third-order valence-corrected chi connectivity index (χ3v) is 4.33. The highest BCUT2D eigenvalue weighted by Crippen LogP contribution is 2.28. The van der Waals surface area contributed by atoms with E-state index in [-0.39, 0.29) is 24.2 Å². The molecule has 6 heteroatoms. The number of nitrogens with one attached hydrogen (secondary N) is 1. The van der Waals surface area contributed by atoms with Crippen molar-refractivity contribution in [3.8, 4) is 5.75 Å². The minimum Gasteiger partial charge on any atom is -0.495 e. The van der Waals surface area contributed by atoms with Gasteiger partial charge in [0.2, 0.25) is 5.91 Å². The summed E-state index contributed by atoms with van der Waals surface area (Å²) in [5.41, 5.74) is 1.30. The van der Waals surface area contributed by atoms with Crippen molar-refractivity contribution in [2.45, 2.75) is 12.5 Å². The Morgan fingerprint density at radius 1 is 1.19 bits per heavy atom. The molecule has 0 spiro atoms. The Morgan fingerprint density at radius 2 is 1.96 bits per heavy atom. The fourth-order valence-electron chi connectivity index (χ4n) is 2.80. The van der Waals surface area contributed by atoms with E-state index in [2.05, 4.69) is 5.32 Å². The van der Waals surface area contributed by atoms with Crippen molar-refractivity contribution in [2.75, 3.05) is 12.4 Å². The maximum atomic E-state index is 13.6. The largest absolute Gasteiger partial charge is 0.495 e. The summed E-state index contributed by atoms with van der Waals surface area (Å²) in [6, 6.07) is 14.7. The summed E-state index contributed by atoms with van der Waals surface area (Å²) in [5, 5.41) is 3.24. The van der Waals surface area contributed by atoms with Crippen LogP contribution in [-0.2, 0) is 4.79 Å². The summed E-state index contributed by atoms with van der Waals surface area (Å²) in [6.45, 7) is 0. The second kappa shape index (κ2) is 8.06. The Labute approximate surface area is 156 Å². The number of hydrogen-bond donors (Lipinski definition) is 1. The van der Waals surface area contributed by atoms with Gasteiger partial charge in [-0.2, -0.15) is 0 Å². The molecule has 1 heterocycles. The van der Waals surface area contributed by atoms with Gasteiger partial charge in [-0.05, 0) is 48.0 Å². The third kappa shape index (κ3) is 4.24. The monoisotopic (exact) mass is 372 g/mol. The Bertz CT molecular complexity index is 897. The zero-order valence-electron chi connectivity index (χ0n) is 14.2. The summed E-state index contributed by atoms with van der Waals surface area (Å²) in [5.74, 6) is 0.00541. The first-order valence-electron chi connectivity index (χ1n) is 8.08. The number of anilines is 1. The minimum absolute atomic E-state index is 0.155. The molecule has 1 atom stereocenters. The van der Waals surface area contributed by atoms with Gasteiger partial charge in [0.25, 0.3) is 0 Å². The molecule has 0 aliphatic heterocycles. The number of carbonyl (C=O) groups is 1. The zero-order valence-corrected chi connectivity index (χ0v) is 14.9. The number of methoxy groups -OCH3 is 1. The second-order valence-corrected chi connectivity index (χ2v) is 6.21. The molecule has 0 aliphatic rings. The second-order valence-electron chi connectivity index (χ2n) is 5.80. The Morgan fingerprint density at radius 3 is 2.62 bits per heavy atom. The minimum atomic E-state index is -0.331. The van der Waals surface area contributed by atoms with Gasteiger partial charge in [0.1, 0.15) is 11.6 Å². The summed E-state index contributed by atoms with van der Waals surface area (Å²) < 4.78 is 20.6. The van der Waals surface area contributed by atoms with Gasteiger partial charge in [0.15, 0.2) is 0 Å². The van der Waals surface area contributed by atoms with Gasteiger partial charge in [-0.25, -0.2) is 4.39 Å². The van der Waals surface area contributed by atoms with Crippen molar-refractivity contribution in [1.29, 1.82) is 0 Å². The molecule has 2 aromatic carbocycles. The van der Waals surface area contributed by atoms with Gasteiger partial charge in [-0.1, -0.05) is 23.7 Å². The molecule has 0 aliphatic carbocycles. The Balaban J connectivity index is 1.79. The van der Waals surface area contributed by atoms with Gasteiger partial charge >= 0.3 is 0 Å². The SMILES string of the molecule is COc1ccc(NC(=O)C[C@H](c2cccc(F)c2)n2cccc2)cc1Cl. The van der Waals surface area contributed by atoms with Crippen molar-refractivity contribution < 1.29 is 13.9 Å². The normalized spacial score (nSPS) is 11.8. The number of aromatic nitrogens is 1. The first-order valence-corrected chi connectivity index (χ1v) is 8.46. The fourth-order valence-corrected chi connectivity index (χ4v) is 3.05. The summed E-state index contributed by atoms with van der Waals surface area (Å²) in [4.78, 5) is 12.5. The van der Waals surface area contributed by atoms with Crippen molar-refractivity contribution in [2.24, 2.45) is 0 Å². The fraction of sp³-hybridized carbons (Fsp3) is 0.150. The van der Waals surface area contributed by atoms with E-state index in [9.17, 15) is 9.18 Å². The number of hydrogen-bond acceptors (Lipinski definition) is 2. The smallest absolute Gasteiger partial charge is 0.226 e. The van der Waals surface area contributed by atoms with E-state index in [1.54, 1.807) is 24.3 Å². The van der Waals surface area contributed by atoms with Crippen molar-refractivity contribution in [3.63, 3.8) is 0 Å². The zero-order chi connectivity index (χ0) is 18.5. The average Bonchev–Trinajstić information content (AvgIpc) is 3.14. The molecule has 3 rings (SSSR count). The molecule has 0 radical (unpaired) electrons. The lowest BCUT2D eigenvalue weighted by molar-refractivity contribution is -0.116. The highest BCUT2D eigenvalue weighted by Gasteiger charge is 2.18.